The first-order valence-corrected chi connectivity index (χ1v) is 11.2. The van der Waals surface area contributed by atoms with Gasteiger partial charge in [-0.15, -0.1) is 0 Å². The maximum Gasteiger partial charge on any atom is 0.226 e. The predicted molar refractivity (Wildman–Crippen MR) is 136 cm³/mol. The first-order valence-electron chi connectivity index (χ1n) is 10.8. The SMILES string of the molecule is Clc1nc(-n2c3ccccc3c3ccccc32)cc(-n2c3ccccc3c3ccccc32)n1. The van der Waals surface area contributed by atoms with Crippen LogP contribution in [-0.2, 0) is 0 Å². The third-order valence-corrected chi connectivity index (χ3v) is 6.46. The Labute approximate surface area is 194 Å². The molecule has 0 spiro atoms. The van der Waals surface area contributed by atoms with E-state index in [0.29, 0.717) is 0 Å². The van der Waals surface area contributed by atoms with E-state index in [2.05, 4.69) is 91.9 Å². The second-order valence-corrected chi connectivity index (χ2v) is 8.43. The summed E-state index contributed by atoms with van der Waals surface area (Å²) >= 11 is 6.54. The molecular formula is C28H17ClN4. The molecule has 0 aliphatic rings. The molecular weight excluding hydrogens is 428 g/mol. The van der Waals surface area contributed by atoms with Crippen LogP contribution in [0.5, 0.6) is 0 Å². The van der Waals surface area contributed by atoms with E-state index in [1.165, 1.54) is 21.5 Å². The van der Waals surface area contributed by atoms with Crippen molar-refractivity contribution in [1.82, 2.24) is 19.1 Å². The average Bonchev–Trinajstić information content (AvgIpc) is 3.37. The average molecular weight is 445 g/mol. The summed E-state index contributed by atoms with van der Waals surface area (Å²) in [5.41, 5.74) is 4.34. The van der Waals surface area contributed by atoms with Gasteiger partial charge in [0.2, 0.25) is 5.28 Å². The Morgan fingerprint density at radius 2 is 0.758 bits per heavy atom. The molecule has 0 bridgehead atoms. The zero-order valence-electron chi connectivity index (χ0n) is 17.5. The standard InChI is InChI=1S/C28H17ClN4/c29-28-30-26(32-22-13-5-1-9-18(22)19-10-2-6-14-23(19)32)17-27(31-28)33-24-15-7-3-11-20(24)21-12-4-8-16-25(21)33/h1-17H. The van der Waals surface area contributed by atoms with E-state index in [9.17, 15) is 0 Å². The summed E-state index contributed by atoms with van der Waals surface area (Å²) in [5.74, 6) is 1.48. The smallest absolute Gasteiger partial charge is 0.226 e. The summed E-state index contributed by atoms with van der Waals surface area (Å²) in [6.45, 7) is 0. The monoisotopic (exact) mass is 444 g/mol. The third-order valence-electron chi connectivity index (χ3n) is 6.29. The Morgan fingerprint density at radius 1 is 0.455 bits per heavy atom. The molecule has 3 aromatic heterocycles. The second kappa shape index (κ2) is 6.92. The van der Waals surface area contributed by atoms with Crippen LogP contribution in [0.15, 0.2) is 103 Å². The van der Waals surface area contributed by atoms with E-state index in [-0.39, 0.29) is 5.28 Å². The van der Waals surface area contributed by atoms with Gasteiger partial charge < -0.3 is 0 Å². The van der Waals surface area contributed by atoms with Crippen LogP contribution in [0.3, 0.4) is 0 Å². The Kier molecular flexibility index (Phi) is 3.87. The highest BCUT2D eigenvalue weighted by Gasteiger charge is 2.17. The minimum atomic E-state index is 0.214. The van der Waals surface area contributed by atoms with Gasteiger partial charge in [0, 0.05) is 27.6 Å². The minimum absolute atomic E-state index is 0.214. The molecule has 33 heavy (non-hydrogen) atoms. The van der Waals surface area contributed by atoms with Gasteiger partial charge in [-0.25, -0.2) is 0 Å². The van der Waals surface area contributed by atoms with Crippen LogP contribution in [-0.4, -0.2) is 19.1 Å². The summed E-state index contributed by atoms with van der Waals surface area (Å²) in [5, 5.41) is 4.94. The normalized spacial score (nSPS) is 11.8. The fourth-order valence-corrected chi connectivity index (χ4v) is 5.14. The van der Waals surface area contributed by atoms with Crippen molar-refractivity contribution in [2.45, 2.75) is 0 Å². The van der Waals surface area contributed by atoms with Crippen molar-refractivity contribution in [3.8, 4) is 11.6 Å². The molecule has 0 aliphatic carbocycles. The largest absolute Gasteiger partial charge is 0.294 e. The van der Waals surface area contributed by atoms with Gasteiger partial charge in [-0.3, -0.25) is 9.13 Å². The molecule has 0 radical (unpaired) electrons. The third kappa shape index (κ3) is 2.65. The first kappa shape index (κ1) is 18.4. The van der Waals surface area contributed by atoms with Gasteiger partial charge in [0.1, 0.15) is 11.6 Å². The molecule has 3 heterocycles. The summed E-state index contributed by atoms with van der Waals surface area (Å²) < 4.78 is 4.32. The number of hydrogen-bond acceptors (Lipinski definition) is 2. The van der Waals surface area contributed by atoms with Gasteiger partial charge in [0.15, 0.2) is 0 Å². The van der Waals surface area contributed by atoms with Crippen molar-refractivity contribution < 1.29 is 0 Å². The van der Waals surface area contributed by atoms with Gasteiger partial charge in [-0.2, -0.15) is 9.97 Å². The maximum atomic E-state index is 6.54. The second-order valence-electron chi connectivity index (χ2n) is 8.09. The molecule has 0 saturated heterocycles. The van der Waals surface area contributed by atoms with Crippen LogP contribution in [0.4, 0.5) is 0 Å². The van der Waals surface area contributed by atoms with E-state index in [1.54, 1.807) is 0 Å². The molecule has 7 rings (SSSR count). The van der Waals surface area contributed by atoms with Gasteiger partial charge in [-0.1, -0.05) is 72.8 Å². The van der Waals surface area contributed by atoms with E-state index in [4.69, 9.17) is 11.6 Å². The highest BCUT2D eigenvalue weighted by molar-refractivity contribution is 6.28. The van der Waals surface area contributed by atoms with Crippen molar-refractivity contribution in [3.05, 3.63) is 108 Å². The highest BCUT2D eigenvalue weighted by atomic mass is 35.5. The van der Waals surface area contributed by atoms with Crippen LogP contribution in [0, 0.1) is 0 Å². The molecule has 0 unspecified atom stereocenters. The van der Waals surface area contributed by atoms with Crippen molar-refractivity contribution in [3.63, 3.8) is 0 Å². The number of para-hydroxylation sites is 4. The molecule has 156 valence electrons. The molecule has 0 amide bonds. The van der Waals surface area contributed by atoms with Crippen molar-refractivity contribution in [2.24, 2.45) is 0 Å². The molecule has 0 N–H and O–H groups in total. The van der Waals surface area contributed by atoms with Gasteiger partial charge >= 0.3 is 0 Å². The van der Waals surface area contributed by atoms with Crippen LogP contribution >= 0.6 is 11.6 Å². The molecule has 0 fully saturated rings. The number of aromatic nitrogens is 4. The topological polar surface area (TPSA) is 35.6 Å². The lowest BCUT2D eigenvalue weighted by atomic mass is 10.2. The summed E-state index contributed by atoms with van der Waals surface area (Å²) in [7, 11) is 0. The van der Waals surface area contributed by atoms with E-state index in [0.717, 1.165) is 33.7 Å². The van der Waals surface area contributed by atoms with Crippen molar-refractivity contribution >= 4 is 55.2 Å². The van der Waals surface area contributed by atoms with Crippen molar-refractivity contribution in [1.29, 1.82) is 0 Å². The number of hydrogen-bond donors (Lipinski definition) is 0. The zero-order chi connectivity index (χ0) is 21.9. The number of fused-ring (bicyclic) bond motifs is 6. The van der Waals surface area contributed by atoms with Crippen LogP contribution in [0.25, 0.3) is 55.2 Å². The first-order chi connectivity index (χ1) is 16.3. The quantitative estimate of drug-likeness (QED) is 0.262. The molecule has 0 saturated carbocycles. The minimum Gasteiger partial charge on any atom is -0.294 e. The Bertz CT molecular complexity index is 1610. The zero-order valence-corrected chi connectivity index (χ0v) is 18.2. The molecule has 0 aliphatic heterocycles. The molecule has 5 heteroatoms. The number of halogens is 1. The predicted octanol–water partition coefficient (Wildman–Crippen LogP) is 7.32. The van der Waals surface area contributed by atoms with E-state index >= 15 is 0 Å². The molecule has 4 aromatic carbocycles. The van der Waals surface area contributed by atoms with E-state index in [1.807, 2.05) is 30.3 Å². The summed E-state index contributed by atoms with van der Waals surface area (Å²) in [4.78, 5) is 9.30. The number of nitrogens with zero attached hydrogens (tertiary/aromatic N) is 4. The Morgan fingerprint density at radius 3 is 1.09 bits per heavy atom. The van der Waals surface area contributed by atoms with Crippen LogP contribution in [0.1, 0.15) is 0 Å². The number of benzene rings is 4. The summed E-state index contributed by atoms with van der Waals surface area (Å²) in [6, 6.07) is 35.5. The highest BCUT2D eigenvalue weighted by Crippen LogP contribution is 2.34. The lowest BCUT2D eigenvalue weighted by Crippen LogP contribution is -2.04. The maximum absolute atomic E-state index is 6.54. The van der Waals surface area contributed by atoms with Crippen molar-refractivity contribution in [2.75, 3.05) is 0 Å². The Hall–Kier alpha value is -4.15. The van der Waals surface area contributed by atoms with Gasteiger partial charge in [0.25, 0.3) is 0 Å². The fraction of sp³-hybridized carbons (Fsp3) is 0. The molecule has 4 nitrogen and oxygen atoms in total. The fourth-order valence-electron chi connectivity index (χ4n) is 4.96. The Balaban J connectivity index is 1.58. The lowest BCUT2D eigenvalue weighted by molar-refractivity contribution is 0.987. The van der Waals surface area contributed by atoms with Crippen LogP contribution < -0.4 is 0 Å². The lowest BCUT2D eigenvalue weighted by Gasteiger charge is -2.11. The van der Waals surface area contributed by atoms with Gasteiger partial charge in [-0.05, 0) is 35.9 Å². The molecule has 7 aromatic rings. The van der Waals surface area contributed by atoms with E-state index < -0.39 is 0 Å². The van der Waals surface area contributed by atoms with Gasteiger partial charge in [0.05, 0.1) is 22.1 Å². The number of rotatable bonds is 2. The molecule has 0 atom stereocenters. The van der Waals surface area contributed by atoms with Crippen LogP contribution in [0.2, 0.25) is 5.28 Å². The summed E-state index contributed by atoms with van der Waals surface area (Å²) in [6.07, 6.45) is 0.